The van der Waals surface area contributed by atoms with Crippen molar-refractivity contribution in [2.45, 2.75) is 70.4 Å². The van der Waals surface area contributed by atoms with Gasteiger partial charge in [0.25, 0.3) is 0 Å². The smallest absolute Gasteiger partial charge is 0.226 e. The van der Waals surface area contributed by atoms with Crippen molar-refractivity contribution in [2.75, 3.05) is 4.90 Å². The Balaban J connectivity index is 1.15. The predicted octanol–water partition coefficient (Wildman–Crippen LogP) is 11.8. The van der Waals surface area contributed by atoms with Crippen molar-refractivity contribution in [2.24, 2.45) is 27.7 Å². The van der Waals surface area contributed by atoms with Crippen LogP contribution in [0.3, 0.4) is 0 Å². The minimum atomic E-state index is -0.442. The number of fused-ring (bicyclic) bond motifs is 10. The van der Waals surface area contributed by atoms with E-state index in [4.69, 9.17) is 14.4 Å². The highest BCUT2D eigenvalue weighted by atomic mass is 16.3. The largest absolute Gasteiger partial charge is 0.458 e. The third-order valence-corrected chi connectivity index (χ3v) is 13.6. The fraction of sp³-hybridized carbons (Fsp3) is 0.280. The molecule has 5 aliphatic carbocycles. The molecule has 6 atom stereocenters. The highest BCUT2D eigenvalue weighted by Gasteiger charge is 2.58. The van der Waals surface area contributed by atoms with E-state index in [0.29, 0.717) is 11.8 Å². The Morgan fingerprint density at radius 2 is 1.63 bits per heavy atom. The van der Waals surface area contributed by atoms with E-state index in [9.17, 15) is 0 Å². The molecule has 0 N–H and O–H groups in total. The van der Waals surface area contributed by atoms with E-state index in [1.54, 1.807) is 0 Å². The molecule has 266 valence electrons. The van der Waals surface area contributed by atoms with Crippen LogP contribution in [0.15, 0.2) is 158 Å². The van der Waals surface area contributed by atoms with Gasteiger partial charge in [-0.25, -0.2) is 9.98 Å². The lowest BCUT2D eigenvalue weighted by Gasteiger charge is -2.43. The van der Waals surface area contributed by atoms with Gasteiger partial charge in [0.15, 0.2) is 0 Å². The van der Waals surface area contributed by atoms with Gasteiger partial charge < -0.3 is 4.42 Å². The van der Waals surface area contributed by atoms with Crippen LogP contribution in [0.1, 0.15) is 81.5 Å². The Kier molecular flexibility index (Phi) is 6.68. The Morgan fingerprint density at radius 1 is 0.833 bits per heavy atom. The first-order valence-corrected chi connectivity index (χ1v) is 19.8. The molecular formula is C50H45N3O. The number of aliphatic imine (C=N–C) groups is 2. The van der Waals surface area contributed by atoms with Crippen molar-refractivity contribution in [3.8, 4) is 0 Å². The molecule has 7 aliphatic rings. The van der Waals surface area contributed by atoms with E-state index in [0.717, 1.165) is 46.9 Å². The minimum absolute atomic E-state index is 0.0529. The first-order chi connectivity index (χ1) is 26.2. The van der Waals surface area contributed by atoms with Crippen molar-refractivity contribution < 1.29 is 4.42 Å². The molecule has 2 aliphatic heterocycles. The van der Waals surface area contributed by atoms with Gasteiger partial charge in [-0.2, -0.15) is 0 Å². The van der Waals surface area contributed by atoms with Crippen LogP contribution in [-0.2, 0) is 10.8 Å². The van der Waals surface area contributed by atoms with Gasteiger partial charge in [-0.1, -0.05) is 131 Å². The standard InChI is InChI=1S/C50H45N3O/c1-29-22-24-31(25-23-29)45-34-16-7-11-19-42(34)51-48(52-45)53-43-20-12-10-18-39(43)50(5)41(28-37-33-15-8-13-21-44(33)54-46(37)47(50)53)35-27-40-36(26-30(35)2)32-14-6-9-17-38(32)49(40,3)4/h6-22,24-25,27-30,34,45,47H,23,26H2,1-5H3. The van der Waals surface area contributed by atoms with Crippen LogP contribution in [0.2, 0.25) is 0 Å². The van der Waals surface area contributed by atoms with E-state index in [1.807, 2.05) is 0 Å². The third kappa shape index (κ3) is 4.25. The average molecular weight is 704 g/mol. The molecular weight excluding hydrogens is 659 g/mol. The van der Waals surface area contributed by atoms with Gasteiger partial charge in [-0.15, -0.1) is 0 Å². The van der Waals surface area contributed by atoms with Crippen LogP contribution < -0.4 is 4.90 Å². The van der Waals surface area contributed by atoms with Crippen LogP contribution in [-0.4, -0.2) is 17.7 Å². The van der Waals surface area contributed by atoms with Crippen molar-refractivity contribution in [1.29, 1.82) is 0 Å². The fourth-order valence-corrected chi connectivity index (χ4v) is 10.8. The van der Waals surface area contributed by atoms with Crippen molar-refractivity contribution in [3.05, 3.63) is 172 Å². The Labute approximate surface area is 318 Å². The number of hydrogen-bond donors (Lipinski definition) is 0. The van der Waals surface area contributed by atoms with E-state index in [-0.39, 0.29) is 23.4 Å². The lowest BCUT2D eigenvalue weighted by molar-refractivity contribution is 0.394. The maximum Gasteiger partial charge on any atom is 0.226 e. The zero-order valence-electron chi connectivity index (χ0n) is 31.7. The van der Waals surface area contributed by atoms with E-state index >= 15 is 0 Å². The van der Waals surface area contributed by atoms with Gasteiger partial charge in [-0.05, 0) is 100 Å². The first kappa shape index (κ1) is 32.0. The number of furan rings is 1. The molecule has 0 saturated carbocycles. The molecule has 4 aromatic rings. The van der Waals surface area contributed by atoms with Crippen LogP contribution in [0, 0.1) is 17.8 Å². The molecule has 0 radical (unpaired) electrons. The molecule has 4 nitrogen and oxygen atoms in total. The number of anilines is 1. The summed E-state index contributed by atoms with van der Waals surface area (Å²) in [6.45, 7) is 12.0. The quantitative estimate of drug-likeness (QED) is 0.209. The Hall–Kier alpha value is -5.48. The van der Waals surface area contributed by atoms with Crippen molar-refractivity contribution in [1.82, 2.24) is 0 Å². The summed E-state index contributed by atoms with van der Waals surface area (Å²) < 4.78 is 7.02. The van der Waals surface area contributed by atoms with E-state index < -0.39 is 5.41 Å². The van der Waals surface area contributed by atoms with Gasteiger partial charge in [0.1, 0.15) is 17.4 Å². The lowest BCUT2D eigenvalue weighted by atomic mass is 9.62. The summed E-state index contributed by atoms with van der Waals surface area (Å²) in [5.41, 5.74) is 15.0. The Morgan fingerprint density at radius 3 is 2.48 bits per heavy atom. The van der Waals surface area contributed by atoms with Crippen molar-refractivity contribution >= 4 is 40.0 Å². The SMILES string of the molecule is CC1C=CC(C2N=C(N3c4ccccc4C4(C)C(C5=CC6=C(CC5C)c5ccccc5C6(C)C)=Cc5c(oc6ccccc56)C34)N=C3C=CC=CC32)=CC1. The van der Waals surface area contributed by atoms with Gasteiger partial charge in [0.2, 0.25) is 5.96 Å². The predicted molar refractivity (Wildman–Crippen MR) is 223 cm³/mol. The molecule has 0 fully saturated rings. The molecule has 1 aromatic heterocycles. The monoisotopic (exact) mass is 703 g/mol. The topological polar surface area (TPSA) is 41.1 Å². The first-order valence-electron chi connectivity index (χ1n) is 19.8. The maximum atomic E-state index is 7.02. The highest BCUT2D eigenvalue weighted by Crippen LogP contribution is 2.64. The van der Waals surface area contributed by atoms with E-state index in [2.05, 4.69) is 167 Å². The summed E-state index contributed by atoms with van der Waals surface area (Å²) in [5, 5.41) is 1.15. The Bertz CT molecular complexity index is 2610. The van der Waals surface area contributed by atoms with Crippen LogP contribution in [0.25, 0.3) is 22.6 Å². The normalized spacial score (nSPS) is 29.7. The van der Waals surface area contributed by atoms with Gasteiger partial charge in [0.05, 0.1) is 11.8 Å². The summed E-state index contributed by atoms with van der Waals surface area (Å²) in [5.74, 6) is 2.72. The second-order valence-corrected chi connectivity index (χ2v) is 17.2. The second-order valence-electron chi connectivity index (χ2n) is 17.2. The lowest BCUT2D eigenvalue weighted by Crippen LogP contribution is -2.45. The third-order valence-electron chi connectivity index (χ3n) is 13.6. The molecule has 0 spiro atoms. The number of guanidine groups is 1. The summed E-state index contributed by atoms with van der Waals surface area (Å²) in [7, 11) is 0. The molecule has 0 amide bonds. The van der Waals surface area contributed by atoms with Gasteiger partial charge in [0, 0.05) is 33.4 Å². The summed E-state index contributed by atoms with van der Waals surface area (Å²) in [6.07, 6.45) is 22.9. The molecule has 3 heterocycles. The van der Waals surface area contributed by atoms with E-state index in [1.165, 1.54) is 50.1 Å². The number of allylic oxidation sites excluding steroid dienone is 9. The summed E-state index contributed by atoms with van der Waals surface area (Å²) in [6, 6.07) is 26.4. The van der Waals surface area contributed by atoms with Crippen LogP contribution >= 0.6 is 0 Å². The molecule has 3 aromatic carbocycles. The number of para-hydroxylation sites is 2. The molecule has 6 unspecified atom stereocenters. The van der Waals surface area contributed by atoms with Crippen LogP contribution in [0.4, 0.5) is 5.69 Å². The zero-order chi connectivity index (χ0) is 36.5. The van der Waals surface area contributed by atoms with Crippen LogP contribution in [0.5, 0.6) is 0 Å². The molecule has 54 heavy (non-hydrogen) atoms. The summed E-state index contributed by atoms with van der Waals surface area (Å²) in [4.78, 5) is 13.5. The average Bonchev–Trinajstić information content (AvgIpc) is 3.77. The number of hydrogen-bond acceptors (Lipinski definition) is 4. The van der Waals surface area contributed by atoms with Crippen molar-refractivity contribution in [3.63, 3.8) is 0 Å². The zero-order valence-corrected chi connectivity index (χ0v) is 31.7. The fourth-order valence-electron chi connectivity index (χ4n) is 10.8. The number of rotatable bonds is 2. The summed E-state index contributed by atoms with van der Waals surface area (Å²) >= 11 is 0. The molecule has 0 saturated heterocycles. The minimum Gasteiger partial charge on any atom is -0.458 e. The highest BCUT2D eigenvalue weighted by molar-refractivity contribution is 6.14. The van der Waals surface area contributed by atoms with Gasteiger partial charge >= 0.3 is 0 Å². The molecule has 11 rings (SSSR count). The number of nitrogens with zero attached hydrogens (tertiary/aromatic N) is 3. The number of benzene rings is 3. The maximum absolute atomic E-state index is 7.02. The molecule has 4 heteroatoms. The van der Waals surface area contributed by atoms with Gasteiger partial charge in [-0.3, -0.25) is 4.90 Å². The second kappa shape index (κ2) is 11.3. The molecule has 0 bridgehead atoms.